The number of benzene rings is 2. The van der Waals surface area contributed by atoms with Crippen molar-refractivity contribution in [1.82, 2.24) is 10.6 Å². The Morgan fingerprint density at radius 2 is 1.17 bits per heavy atom. The third-order valence-electron chi connectivity index (χ3n) is 6.41. The number of allylic oxidation sites excluding steroid dienone is 2. The van der Waals surface area contributed by atoms with Gasteiger partial charge in [0.1, 0.15) is 13.2 Å². The first-order chi connectivity index (χ1) is 19.0. The first-order valence-corrected chi connectivity index (χ1v) is 13.3. The Morgan fingerprint density at radius 1 is 0.732 bits per heavy atom. The SMILES string of the molecule is C=C(C)C(=O)OCC(COC(=O)NC(C)(C)c1cccc(C(=C)C)c1)OC(=O)NC(C)(C)c1cccc(C(=C)C)c1. The second kappa shape index (κ2) is 13.8. The van der Waals surface area contributed by atoms with Gasteiger partial charge < -0.3 is 24.8 Å². The highest BCUT2D eigenvalue weighted by atomic mass is 16.6. The van der Waals surface area contributed by atoms with Crippen LogP contribution < -0.4 is 10.6 Å². The third-order valence-corrected chi connectivity index (χ3v) is 6.41. The van der Waals surface area contributed by atoms with Crippen molar-refractivity contribution in [3.8, 4) is 0 Å². The zero-order valence-electron chi connectivity index (χ0n) is 25.2. The fraction of sp³-hybridized carbons (Fsp3) is 0.364. The molecule has 0 aliphatic rings. The number of carbonyl (C=O) groups is 3. The van der Waals surface area contributed by atoms with Crippen molar-refractivity contribution in [2.75, 3.05) is 13.2 Å². The predicted molar refractivity (Wildman–Crippen MR) is 162 cm³/mol. The molecule has 2 aromatic rings. The van der Waals surface area contributed by atoms with E-state index >= 15 is 0 Å². The number of rotatable bonds is 12. The van der Waals surface area contributed by atoms with E-state index in [9.17, 15) is 14.4 Å². The minimum atomic E-state index is -1.07. The van der Waals surface area contributed by atoms with Crippen LogP contribution in [0.4, 0.5) is 9.59 Å². The fourth-order valence-corrected chi connectivity index (χ4v) is 3.80. The number of amides is 2. The second-order valence-corrected chi connectivity index (χ2v) is 11.2. The summed E-state index contributed by atoms with van der Waals surface area (Å²) in [7, 11) is 0. The molecule has 0 aliphatic carbocycles. The van der Waals surface area contributed by atoms with Gasteiger partial charge >= 0.3 is 18.2 Å². The van der Waals surface area contributed by atoms with Gasteiger partial charge in [-0.1, -0.05) is 67.3 Å². The molecule has 0 fully saturated rings. The van der Waals surface area contributed by atoms with Gasteiger partial charge in [0, 0.05) is 5.57 Å². The molecule has 8 heteroatoms. The van der Waals surface area contributed by atoms with Gasteiger partial charge in [0.25, 0.3) is 0 Å². The number of esters is 1. The Morgan fingerprint density at radius 3 is 1.61 bits per heavy atom. The summed E-state index contributed by atoms with van der Waals surface area (Å²) in [5.41, 5.74) is 4.01. The Kier molecular flexibility index (Phi) is 11.1. The van der Waals surface area contributed by atoms with Gasteiger partial charge in [0.05, 0.1) is 11.1 Å². The van der Waals surface area contributed by atoms with Crippen molar-refractivity contribution < 1.29 is 28.6 Å². The van der Waals surface area contributed by atoms with Crippen LogP contribution >= 0.6 is 0 Å². The van der Waals surface area contributed by atoms with Crippen LogP contribution in [0.25, 0.3) is 11.1 Å². The van der Waals surface area contributed by atoms with E-state index in [1.807, 2.05) is 90.1 Å². The van der Waals surface area contributed by atoms with Gasteiger partial charge in [-0.05, 0) is 82.9 Å². The number of hydrogen-bond acceptors (Lipinski definition) is 6. The molecule has 0 bridgehead atoms. The van der Waals surface area contributed by atoms with Crippen LogP contribution in [0, 0.1) is 0 Å². The molecule has 0 spiro atoms. The van der Waals surface area contributed by atoms with Crippen molar-refractivity contribution in [2.24, 2.45) is 0 Å². The van der Waals surface area contributed by atoms with Crippen LogP contribution in [0.1, 0.15) is 70.7 Å². The Hall–Kier alpha value is -4.33. The van der Waals surface area contributed by atoms with E-state index in [2.05, 4.69) is 30.4 Å². The lowest BCUT2D eigenvalue weighted by molar-refractivity contribution is -0.142. The van der Waals surface area contributed by atoms with Gasteiger partial charge in [-0.3, -0.25) is 0 Å². The highest BCUT2D eigenvalue weighted by molar-refractivity contribution is 5.87. The lowest BCUT2D eigenvalue weighted by Gasteiger charge is -2.29. The summed E-state index contributed by atoms with van der Waals surface area (Å²) in [6.45, 7) is 23.5. The molecule has 0 aromatic heterocycles. The molecule has 0 radical (unpaired) electrons. The minimum absolute atomic E-state index is 0.184. The van der Waals surface area contributed by atoms with Gasteiger partial charge in [-0.2, -0.15) is 0 Å². The topological polar surface area (TPSA) is 103 Å². The first kappa shape index (κ1) is 32.9. The minimum Gasteiger partial charge on any atom is -0.458 e. The average Bonchev–Trinajstić information content (AvgIpc) is 2.89. The monoisotopic (exact) mass is 562 g/mol. The van der Waals surface area contributed by atoms with Crippen molar-refractivity contribution in [3.05, 3.63) is 96.1 Å². The summed E-state index contributed by atoms with van der Waals surface area (Å²) in [6.07, 6.45) is -2.57. The standard InChI is InChI=1S/C33H42N2O6/c1-21(2)24-13-11-15-26(17-24)32(7,8)34-30(37)40-20-28(19-39-29(36)23(5)6)41-31(38)35-33(9,10)27-16-12-14-25(18-27)22(3)4/h11-18,28H,1,3,5,19-20H2,2,4,6-10H3,(H,34,37)(H,35,38). The number of hydrogen-bond donors (Lipinski definition) is 2. The maximum Gasteiger partial charge on any atom is 0.408 e. The van der Waals surface area contributed by atoms with Crippen LogP contribution in [-0.4, -0.2) is 37.5 Å². The number of ether oxygens (including phenoxy) is 3. The predicted octanol–water partition coefficient (Wildman–Crippen LogP) is 6.86. The summed E-state index contributed by atoms with van der Waals surface area (Å²) < 4.78 is 16.1. The summed E-state index contributed by atoms with van der Waals surface area (Å²) in [5.74, 6) is -0.654. The van der Waals surface area contributed by atoms with Crippen LogP contribution in [-0.2, 0) is 30.1 Å². The molecule has 0 saturated carbocycles. The Bertz CT molecular complexity index is 1320. The summed E-state index contributed by atoms with van der Waals surface area (Å²) >= 11 is 0. The molecular formula is C33H42N2O6. The normalized spacial score (nSPS) is 12.0. The Labute approximate surface area is 243 Å². The lowest BCUT2D eigenvalue weighted by atomic mass is 9.92. The van der Waals surface area contributed by atoms with E-state index in [-0.39, 0.29) is 18.8 Å². The number of nitrogens with one attached hydrogen (secondary N) is 2. The zero-order chi connectivity index (χ0) is 31.0. The van der Waals surface area contributed by atoms with Gasteiger partial charge in [0.2, 0.25) is 0 Å². The van der Waals surface area contributed by atoms with Crippen LogP contribution in [0.3, 0.4) is 0 Å². The lowest BCUT2D eigenvalue weighted by Crippen LogP contribution is -2.45. The second-order valence-electron chi connectivity index (χ2n) is 11.2. The van der Waals surface area contributed by atoms with Crippen LogP contribution in [0.15, 0.2) is 73.8 Å². The van der Waals surface area contributed by atoms with Crippen LogP contribution in [0.2, 0.25) is 0 Å². The Balaban J connectivity index is 2.10. The van der Waals surface area contributed by atoms with E-state index in [4.69, 9.17) is 14.2 Å². The van der Waals surface area contributed by atoms with Crippen molar-refractivity contribution in [3.63, 3.8) is 0 Å². The van der Waals surface area contributed by atoms with Gasteiger partial charge in [0.15, 0.2) is 6.10 Å². The van der Waals surface area contributed by atoms with Gasteiger partial charge in [-0.15, -0.1) is 0 Å². The molecule has 0 heterocycles. The smallest absolute Gasteiger partial charge is 0.408 e. The third kappa shape index (κ3) is 9.98. The quantitative estimate of drug-likeness (QED) is 0.166. The van der Waals surface area contributed by atoms with Crippen molar-refractivity contribution in [2.45, 2.75) is 65.6 Å². The highest BCUT2D eigenvalue weighted by Crippen LogP contribution is 2.25. The maximum absolute atomic E-state index is 12.9. The molecule has 2 amide bonds. The maximum atomic E-state index is 12.9. The highest BCUT2D eigenvalue weighted by Gasteiger charge is 2.28. The van der Waals surface area contributed by atoms with E-state index in [1.54, 1.807) is 0 Å². The molecule has 0 saturated heterocycles. The van der Waals surface area contributed by atoms with Crippen LogP contribution in [0.5, 0.6) is 0 Å². The van der Waals surface area contributed by atoms with E-state index in [0.717, 1.165) is 33.4 Å². The van der Waals surface area contributed by atoms with E-state index < -0.39 is 35.3 Å². The van der Waals surface area contributed by atoms with E-state index in [1.165, 1.54) is 6.92 Å². The summed E-state index contributed by atoms with van der Waals surface area (Å²) in [4.78, 5) is 37.6. The fourth-order valence-electron chi connectivity index (χ4n) is 3.80. The molecule has 41 heavy (non-hydrogen) atoms. The molecular weight excluding hydrogens is 520 g/mol. The molecule has 1 unspecified atom stereocenters. The first-order valence-electron chi connectivity index (χ1n) is 13.3. The molecule has 220 valence electrons. The molecule has 8 nitrogen and oxygen atoms in total. The molecule has 0 aliphatic heterocycles. The summed E-state index contributed by atoms with van der Waals surface area (Å²) in [6, 6.07) is 15.3. The zero-order valence-corrected chi connectivity index (χ0v) is 25.2. The largest absolute Gasteiger partial charge is 0.458 e. The summed E-state index contributed by atoms with van der Waals surface area (Å²) in [5, 5.41) is 5.66. The molecule has 2 N–H and O–H groups in total. The molecule has 2 rings (SSSR count). The van der Waals surface area contributed by atoms with Crippen molar-refractivity contribution >= 4 is 29.3 Å². The average molecular weight is 563 g/mol. The number of alkyl carbamates (subject to hydrolysis) is 2. The molecule has 1 atom stereocenters. The van der Waals surface area contributed by atoms with Crippen molar-refractivity contribution in [1.29, 1.82) is 0 Å². The number of carbonyl (C=O) groups excluding carboxylic acids is 3. The molecule has 2 aromatic carbocycles. The van der Waals surface area contributed by atoms with E-state index in [0.29, 0.717) is 0 Å². The van der Waals surface area contributed by atoms with Gasteiger partial charge in [-0.25, -0.2) is 14.4 Å².